The van der Waals surface area contributed by atoms with E-state index in [9.17, 15) is 4.79 Å². The Morgan fingerprint density at radius 2 is 2.13 bits per heavy atom. The van der Waals surface area contributed by atoms with Crippen molar-refractivity contribution in [1.29, 1.82) is 0 Å². The van der Waals surface area contributed by atoms with Crippen molar-refractivity contribution in [3.05, 3.63) is 29.3 Å². The summed E-state index contributed by atoms with van der Waals surface area (Å²) in [6, 6.07) is 6.74. The fourth-order valence-corrected chi connectivity index (χ4v) is 3.42. The Labute approximate surface area is 140 Å². The second-order valence-electron chi connectivity index (χ2n) is 6.91. The standard InChI is InChI=1S/C19H30N2O2/c1-13-9-10-18(23-4)16(11-13)15(3)20-12-19(22)21-17-8-6-5-7-14(17)2/h9-11,14-15,17,20H,5-8,12H2,1-4H3,(H,21,22)/p+1/t14-,15-,17-/m0/s1. The lowest BCUT2D eigenvalue weighted by molar-refractivity contribution is -0.682. The Morgan fingerprint density at radius 3 is 2.83 bits per heavy atom. The van der Waals surface area contributed by atoms with E-state index < -0.39 is 0 Å². The van der Waals surface area contributed by atoms with Crippen LogP contribution in [0.3, 0.4) is 0 Å². The van der Waals surface area contributed by atoms with Crippen LogP contribution < -0.4 is 15.4 Å². The summed E-state index contributed by atoms with van der Waals surface area (Å²) in [5.74, 6) is 1.63. The van der Waals surface area contributed by atoms with E-state index in [0.29, 0.717) is 18.5 Å². The van der Waals surface area contributed by atoms with Gasteiger partial charge in [-0.25, -0.2) is 0 Å². The largest absolute Gasteiger partial charge is 0.496 e. The number of benzene rings is 1. The summed E-state index contributed by atoms with van der Waals surface area (Å²) >= 11 is 0. The van der Waals surface area contributed by atoms with Crippen LogP contribution in [0.25, 0.3) is 0 Å². The highest BCUT2D eigenvalue weighted by Crippen LogP contribution is 2.24. The summed E-state index contributed by atoms with van der Waals surface area (Å²) in [6.07, 6.45) is 4.87. The normalized spacial score (nSPS) is 22.4. The number of methoxy groups -OCH3 is 1. The molecule has 128 valence electrons. The highest BCUT2D eigenvalue weighted by atomic mass is 16.5. The number of hydrogen-bond donors (Lipinski definition) is 2. The zero-order valence-electron chi connectivity index (χ0n) is 14.9. The van der Waals surface area contributed by atoms with Crippen LogP contribution in [0.2, 0.25) is 0 Å². The predicted octanol–water partition coefficient (Wildman–Crippen LogP) is 2.32. The number of rotatable bonds is 6. The van der Waals surface area contributed by atoms with E-state index in [2.05, 4.69) is 37.5 Å². The van der Waals surface area contributed by atoms with Crippen molar-refractivity contribution < 1.29 is 14.8 Å². The third-order valence-corrected chi connectivity index (χ3v) is 4.99. The number of aryl methyl sites for hydroxylation is 1. The summed E-state index contributed by atoms with van der Waals surface area (Å²) in [7, 11) is 1.69. The van der Waals surface area contributed by atoms with Gasteiger partial charge in [-0.05, 0) is 44.7 Å². The van der Waals surface area contributed by atoms with Gasteiger partial charge in [0.05, 0.1) is 12.7 Å². The van der Waals surface area contributed by atoms with Gasteiger partial charge < -0.3 is 15.4 Å². The first kappa shape index (κ1) is 17.8. The number of carbonyl (C=O) groups excluding carboxylic acids is 1. The fourth-order valence-electron chi connectivity index (χ4n) is 3.42. The molecule has 4 heteroatoms. The highest BCUT2D eigenvalue weighted by Gasteiger charge is 2.24. The lowest BCUT2D eigenvalue weighted by atomic mass is 9.86. The van der Waals surface area contributed by atoms with Crippen LogP contribution in [-0.4, -0.2) is 25.6 Å². The first-order chi connectivity index (χ1) is 11.0. The van der Waals surface area contributed by atoms with E-state index in [-0.39, 0.29) is 11.9 Å². The topological polar surface area (TPSA) is 54.9 Å². The van der Waals surface area contributed by atoms with Crippen molar-refractivity contribution in [3.8, 4) is 5.75 Å². The van der Waals surface area contributed by atoms with Gasteiger partial charge >= 0.3 is 0 Å². The van der Waals surface area contributed by atoms with Crippen LogP contribution in [0.15, 0.2) is 18.2 Å². The summed E-state index contributed by atoms with van der Waals surface area (Å²) in [4.78, 5) is 12.2. The smallest absolute Gasteiger partial charge is 0.275 e. The van der Waals surface area contributed by atoms with E-state index in [4.69, 9.17) is 4.74 Å². The first-order valence-corrected chi connectivity index (χ1v) is 8.78. The van der Waals surface area contributed by atoms with E-state index in [1.165, 1.54) is 24.8 Å². The molecule has 1 aliphatic rings. The monoisotopic (exact) mass is 319 g/mol. The molecule has 1 saturated carbocycles. The SMILES string of the molecule is COc1ccc(C)cc1[C@H](C)[NH2+]CC(=O)N[C@H]1CCCC[C@@H]1C. The molecule has 0 unspecified atom stereocenters. The molecular weight excluding hydrogens is 288 g/mol. The molecule has 0 heterocycles. The lowest BCUT2D eigenvalue weighted by Gasteiger charge is -2.29. The maximum absolute atomic E-state index is 12.2. The lowest BCUT2D eigenvalue weighted by Crippen LogP contribution is -2.87. The van der Waals surface area contributed by atoms with Crippen LogP contribution in [0.5, 0.6) is 5.75 Å². The van der Waals surface area contributed by atoms with Gasteiger partial charge in [0.15, 0.2) is 6.54 Å². The van der Waals surface area contributed by atoms with Crippen molar-refractivity contribution in [1.82, 2.24) is 5.32 Å². The zero-order chi connectivity index (χ0) is 16.8. The number of hydrogen-bond acceptors (Lipinski definition) is 2. The van der Waals surface area contributed by atoms with Crippen molar-refractivity contribution in [2.75, 3.05) is 13.7 Å². The Bertz CT molecular complexity index is 530. The van der Waals surface area contributed by atoms with Gasteiger partial charge in [0.25, 0.3) is 5.91 Å². The molecule has 1 fully saturated rings. The molecule has 23 heavy (non-hydrogen) atoms. The minimum absolute atomic E-state index is 0.141. The van der Waals surface area contributed by atoms with Crippen LogP contribution >= 0.6 is 0 Å². The molecule has 0 aromatic heterocycles. The quantitative estimate of drug-likeness (QED) is 0.845. The number of quaternary nitrogens is 1. The number of nitrogens with two attached hydrogens (primary N) is 1. The minimum atomic E-state index is 0.141. The molecule has 1 aromatic rings. The van der Waals surface area contributed by atoms with Gasteiger partial charge in [-0.2, -0.15) is 0 Å². The van der Waals surface area contributed by atoms with Gasteiger partial charge in [-0.1, -0.05) is 31.4 Å². The van der Waals surface area contributed by atoms with E-state index >= 15 is 0 Å². The van der Waals surface area contributed by atoms with Crippen molar-refractivity contribution in [3.63, 3.8) is 0 Å². The summed E-state index contributed by atoms with van der Waals surface area (Å²) in [6.45, 7) is 6.90. The average Bonchev–Trinajstić information content (AvgIpc) is 2.54. The first-order valence-electron chi connectivity index (χ1n) is 8.78. The molecule has 3 atom stereocenters. The number of nitrogens with one attached hydrogen (secondary N) is 1. The van der Waals surface area contributed by atoms with E-state index in [1.54, 1.807) is 7.11 Å². The maximum Gasteiger partial charge on any atom is 0.275 e. The molecule has 0 bridgehead atoms. The summed E-state index contributed by atoms with van der Waals surface area (Å²) in [5, 5.41) is 5.30. The third-order valence-electron chi connectivity index (χ3n) is 4.99. The third kappa shape index (κ3) is 4.96. The number of amides is 1. The van der Waals surface area contributed by atoms with Crippen LogP contribution in [0, 0.1) is 12.8 Å². The predicted molar refractivity (Wildman–Crippen MR) is 92.5 cm³/mol. The van der Waals surface area contributed by atoms with Crippen LogP contribution in [0.1, 0.15) is 56.7 Å². The van der Waals surface area contributed by atoms with Crippen LogP contribution in [-0.2, 0) is 4.79 Å². The molecule has 1 aromatic carbocycles. The van der Waals surface area contributed by atoms with Crippen molar-refractivity contribution >= 4 is 5.91 Å². The Morgan fingerprint density at radius 1 is 1.39 bits per heavy atom. The maximum atomic E-state index is 12.2. The molecule has 0 spiro atoms. The van der Waals surface area contributed by atoms with Gasteiger partial charge in [0, 0.05) is 6.04 Å². The molecule has 3 N–H and O–H groups in total. The molecule has 2 rings (SSSR count). The molecule has 4 nitrogen and oxygen atoms in total. The highest BCUT2D eigenvalue weighted by molar-refractivity contribution is 5.77. The van der Waals surface area contributed by atoms with Gasteiger partial charge in [0.2, 0.25) is 0 Å². The minimum Gasteiger partial charge on any atom is -0.496 e. The van der Waals surface area contributed by atoms with Gasteiger partial charge in [-0.15, -0.1) is 0 Å². The average molecular weight is 319 g/mol. The Kier molecular flexibility index (Phi) is 6.46. The molecule has 1 amide bonds. The Hall–Kier alpha value is -1.55. The van der Waals surface area contributed by atoms with E-state index in [1.807, 2.05) is 12.1 Å². The number of ether oxygens (including phenoxy) is 1. The van der Waals surface area contributed by atoms with Crippen molar-refractivity contribution in [2.24, 2.45) is 5.92 Å². The fraction of sp³-hybridized carbons (Fsp3) is 0.632. The second kappa shape index (κ2) is 8.34. The van der Waals surface area contributed by atoms with Gasteiger partial charge in [0.1, 0.15) is 11.8 Å². The summed E-state index contributed by atoms with van der Waals surface area (Å²) < 4.78 is 5.44. The summed E-state index contributed by atoms with van der Waals surface area (Å²) in [5.41, 5.74) is 2.35. The second-order valence-corrected chi connectivity index (χ2v) is 6.91. The number of carbonyl (C=O) groups is 1. The Balaban J connectivity index is 1.87. The molecule has 1 aliphatic carbocycles. The molecule has 0 radical (unpaired) electrons. The van der Waals surface area contributed by atoms with E-state index in [0.717, 1.165) is 17.7 Å². The molecule has 0 saturated heterocycles. The van der Waals surface area contributed by atoms with Gasteiger partial charge in [-0.3, -0.25) is 4.79 Å². The molecule has 0 aliphatic heterocycles. The molecular formula is C19H31N2O2+. The zero-order valence-corrected chi connectivity index (χ0v) is 14.9. The van der Waals surface area contributed by atoms with Crippen molar-refractivity contribution in [2.45, 2.75) is 58.5 Å². The van der Waals surface area contributed by atoms with Crippen LogP contribution in [0.4, 0.5) is 0 Å².